The van der Waals surface area contributed by atoms with E-state index in [0.29, 0.717) is 68.9 Å². The summed E-state index contributed by atoms with van der Waals surface area (Å²) in [7, 11) is 0. The molecule has 6 rings (SSSR count). The predicted octanol–water partition coefficient (Wildman–Crippen LogP) is 8.81. The fraction of sp³-hybridized carbons (Fsp3) is 0.417. The van der Waals surface area contributed by atoms with Crippen molar-refractivity contribution in [3.8, 4) is 0 Å². The number of aryl methyl sites for hydroxylation is 1. The Morgan fingerprint density at radius 3 is 2.08 bits per heavy atom. The van der Waals surface area contributed by atoms with Gasteiger partial charge in [-0.05, 0) is 55.1 Å². The Hall–Kier alpha value is -4.37. The molecular weight excluding hydrogens is 747 g/mol. The smallest absolute Gasteiger partial charge is 0.416 e. The van der Waals surface area contributed by atoms with Gasteiger partial charge in [-0.3, -0.25) is 4.79 Å². The number of anilines is 3. The highest BCUT2D eigenvalue weighted by atomic mass is 35.5. The van der Waals surface area contributed by atoms with Crippen molar-refractivity contribution in [1.29, 1.82) is 0 Å². The van der Waals surface area contributed by atoms with Gasteiger partial charge in [0.15, 0.2) is 5.82 Å². The van der Waals surface area contributed by atoms with Gasteiger partial charge in [0.1, 0.15) is 11.1 Å². The van der Waals surface area contributed by atoms with Gasteiger partial charge in [0, 0.05) is 45.1 Å². The number of hydrogen-bond donors (Lipinski definition) is 0. The molecule has 2 atom stereocenters. The molecule has 2 saturated heterocycles. The van der Waals surface area contributed by atoms with Gasteiger partial charge in [-0.25, -0.2) is 15.0 Å². The summed E-state index contributed by atoms with van der Waals surface area (Å²) >= 11 is 12.5. The lowest BCUT2D eigenvalue weighted by Crippen LogP contribution is -2.39. The Bertz CT molecular complexity index is 1780. The fourth-order valence-electron chi connectivity index (χ4n) is 6.46. The normalized spacial score (nSPS) is 18.0. The van der Waals surface area contributed by atoms with Crippen molar-refractivity contribution in [2.75, 3.05) is 34.3 Å². The first-order valence-electron chi connectivity index (χ1n) is 16.8. The Morgan fingerprint density at radius 2 is 1.55 bits per heavy atom. The number of aromatic nitrogens is 4. The summed E-state index contributed by atoms with van der Waals surface area (Å²) in [5.41, 5.74) is -1.02. The molecule has 0 bridgehead atoms. The zero-order valence-electron chi connectivity index (χ0n) is 28.8. The Kier molecular flexibility index (Phi) is 12.9. The van der Waals surface area contributed by atoms with Gasteiger partial charge in [0.2, 0.25) is 11.2 Å². The molecule has 2 fully saturated rings. The molecule has 2 aliphatic heterocycles. The molecule has 17 heteroatoms. The van der Waals surface area contributed by atoms with Gasteiger partial charge >= 0.3 is 12.4 Å². The summed E-state index contributed by atoms with van der Waals surface area (Å²) in [4.78, 5) is 33.4. The van der Waals surface area contributed by atoms with E-state index in [2.05, 4.69) is 39.0 Å². The van der Waals surface area contributed by atoms with Crippen LogP contribution in [0.2, 0.25) is 10.3 Å². The minimum atomic E-state index is -5.00. The summed E-state index contributed by atoms with van der Waals surface area (Å²) in [5.74, 6) is 0.495. The van der Waals surface area contributed by atoms with Crippen molar-refractivity contribution in [2.45, 2.75) is 76.6 Å². The maximum Gasteiger partial charge on any atom is 0.416 e. The lowest BCUT2D eigenvalue weighted by atomic mass is 10.0. The van der Waals surface area contributed by atoms with Crippen LogP contribution in [0.15, 0.2) is 67.1 Å². The van der Waals surface area contributed by atoms with Crippen molar-refractivity contribution < 1.29 is 35.9 Å². The molecule has 2 aromatic heterocycles. The highest BCUT2D eigenvalue weighted by Crippen LogP contribution is 2.39. The maximum absolute atomic E-state index is 13.7. The van der Waals surface area contributed by atoms with E-state index in [1.807, 2.05) is 34.9 Å². The van der Waals surface area contributed by atoms with Crippen LogP contribution in [0.3, 0.4) is 0 Å². The zero-order valence-corrected chi connectivity index (χ0v) is 30.3. The molecule has 4 heterocycles. The minimum Gasteiger partial charge on any atom is -0.464 e. The molecule has 9 nitrogen and oxygen atoms in total. The van der Waals surface area contributed by atoms with Crippen LogP contribution < -0.4 is 14.7 Å². The topological polar surface area (TPSA) is 87.6 Å². The van der Waals surface area contributed by atoms with Gasteiger partial charge in [-0.15, -0.1) is 0 Å². The second kappa shape index (κ2) is 17.2. The number of ether oxygens (including phenoxy) is 1. The molecule has 284 valence electrons. The van der Waals surface area contributed by atoms with Gasteiger partial charge < -0.3 is 19.4 Å². The van der Waals surface area contributed by atoms with Crippen molar-refractivity contribution in [3.63, 3.8) is 0 Å². The molecule has 2 aromatic carbocycles. The van der Waals surface area contributed by atoms with E-state index in [1.165, 1.54) is 11.8 Å². The molecular formula is C36H37Cl2F6N7O2. The van der Waals surface area contributed by atoms with Crippen LogP contribution in [0.1, 0.15) is 54.9 Å². The van der Waals surface area contributed by atoms with Crippen LogP contribution in [0.4, 0.5) is 43.8 Å². The number of hydrogen-bond acceptors (Lipinski definition) is 9. The van der Waals surface area contributed by atoms with E-state index in [1.54, 1.807) is 17.3 Å². The Balaban J connectivity index is 0.000000693. The average molecular weight is 785 g/mol. The molecule has 0 aliphatic carbocycles. The van der Waals surface area contributed by atoms with Gasteiger partial charge in [-0.2, -0.15) is 31.3 Å². The second-order valence-electron chi connectivity index (χ2n) is 12.8. The van der Waals surface area contributed by atoms with Crippen LogP contribution in [-0.4, -0.2) is 64.2 Å². The predicted molar refractivity (Wildman–Crippen MR) is 190 cm³/mol. The van der Waals surface area contributed by atoms with E-state index >= 15 is 0 Å². The monoisotopic (exact) mass is 783 g/mol. The summed E-state index contributed by atoms with van der Waals surface area (Å²) in [6, 6.07) is 11.2. The molecule has 0 spiro atoms. The lowest BCUT2D eigenvalue weighted by Gasteiger charge is -2.33. The highest BCUT2D eigenvalue weighted by molar-refractivity contribution is 6.33. The number of rotatable bonds is 9. The SMILES string of the molecule is CC[C@@H]1C[C@H](N(Cc2cc(C(F)(F)F)cc(C(F)(F)F)c2)c2ncc(N3CCC(OC=O)CC3)cn2)CN1c1nc(Cl)ncc1Cl.Cc1ccccc1. The third-order valence-corrected chi connectivity index (χ3v) is 9.60. The first-order valence-corrected chi connectivity index (χ1v) is 17.6. The number of alkyl halides is 6. The summed E-state index contributed by atoms with van der Waals surface area (Å²) < 4.78 is 87.3. The van der Waals surface area contributed by atoms with Gasteiger partial charge in [0.05, 0.1) is 41.4 Å². The van der Waals surface area contributed by atoms with Crippen LogP contribution in [0.5, 0.6) is 0 Å². The van der Waals surface area contributed by atoms with Crippen LogP contribution in [0, 0.1) is 6.92 Å². The third kappa shape index (κ3) is 10.4. The number of nitrogens with zero attached hydrogens (tertiary/aromatic N) is 7. The van der Waals surface area contributed by atoms with E-state index in [-0.39, 0.29) is 53.1 Å². The maximum atomic E-state index is 13.7. The number of carbonyl (C=O) groups excluding carboxylic acids is 1. The van der Waals surface area contributed by atoms with Gasteiger partial charge in [-0.1, -0.05) is 54.4 Å². The van der Waals surface area contributed by atoms with Crippen molar-refractivity contribution in [1.82, 2.24) is 19.9 Å². The van der Waals surface area contributed by atoms with Gasteiger partial charge in [0.25, 0.3) is 6.47 Å². The molecule has 0 unspecified atom stereocenters. The molecule has 0 N–H and O–H groups in total. The quantitative estimate of drug-likeness (QED) is 0.0939. The van der Waals surface area contributed by atoms with Crippen molar-refractivity contribution in [3.05, 3.63) is 99.7 Å². The molecule has 53 heavy (non-hydrogen) atoms. The molecule has 2 aliphatic rings. The zero-order chi connectivity index (χ0) is 38.3. The van der Waals surface area contributed by atoms with Crippen LogP contribution in [0.25, 0.3) is 0 Å². The largest absolute Gasteiger partial charge is 0.464 e. The Labute approximate surface area is 312 Å². The van der Waals surface area contributed by atoms with E-state index in [0.717, 1.165) is 0 Å². The first-order chi connectivity index (χ1) is 25.2. The van der Waals surface area contributed by atoms with Crippen LogP contribution >= 0.6 is 23.2 Å². The number of carbonyl (C=O) groups is 1. The van der Waals surface area contributed by atoms with E-state index in [4.69, 9.17) is 27.9 Å². The van der Waals surface area contributed by atoms with E-state index in [9.17, 15) is 31.1 Å². The number of piperidine rings is 1. The molecule has 0 amide bonds. The van der Waals surface area contributed by atoms with Crippen molar-refractivity contribution >= 4 is 47.1 Å². The third-order valence-electron chi connectivity index (χ3n) is 9.15. The average Bonchev–Trinajstić information content (AvgIpc) is 3.56. The molecule has 0 radical (unpaired) electrons. The lowest BCUT2D eigenvalue weighted by molar-refractivity contribution is -0.143. The number of halogens is 8. The van der Waals surface area contributed by atoms with Crippen molar-refractivity contribution in [2.24, 2.45) is 0 Å². The summed E-state index contributed by atoms with van der Waals surface area (Å²) in [6.45, 7) is 5.52. The fourth-order valence-corrected chi connectivity index (χ4v) is 6.79. The Morgan fingerprint density at radius 1 is 0.925 bits per heavy atom. The minimum absolute atomic E-state index is 0.0288. The van der Waals surface area contributed by atoms with Crippen LogP contribution in [-0.2, 0) is 28.4 Å². The summed E-state index contributed by atoms with van der Waals surface area (Å²) in [5, 5.41) is 0.213. The molecule has 4 aromatic rings. The second-order valence-corrected chi connectivity index (χ2v) is 13.5. The standard InChI is InChI=1S/C29H29Cl2F6N7O2.C7H8/c1-2-20-10-21(15-43(20)25-24(30)13-38-26(31)41-25)44(14-17-7-18(28(32,33)34)9-19(8-17)29(35,36)37)27-39-11-22(12-40-27)42-5-3-23(4-6-42)46-16-45;1-7-5-3-2-4-6-7/h7-9,11-13,16,20-21,23H,2-6,10,14-15H2,1H3;2-6H,1H3/t20-,21+;/m1./s1. The number of benzene rings is 2. The summed E-state index contributed by atoms with van der Waals surface area (Å²) in [6.07, 6.45) is -3.39. The molecule has 0 saturated carbocycles. The van der Waals surface area contributed by atoms with E-state index < -0.39 is 29.5 Å². The highest BCUT2D eigenvalue weighted by Gasteiger charge is 2.40. The first kappa shape index (κ1) is 39.8.